The minimum atomic E-state index is -0.307. The first-order valence-electron chi connectivity index (χ1n) is 9.99. The number of carbonyl (C=O) groups is 1. The van der Waals surface area contributed by atoms with Crippen molar-refractivity contribution in [1.82, 2.24) is 10.3 Å². The number of halogens is 1. The highest BCUT2D eigenvalue weighted by Gasteiger charge is 2.11. The molecule has 162 valence electrons. The first-order chi connectivity index (χ1) is 15.5. The monoisotopic (exact) mass is 465 g/mol. The average Bonchev–Trinajstić information content (AvgIpc) is 3.17. The Morgan fingerprint density at radius 3 is 2.56 bits per heavy atom. The summed E-state index contributed by atoms with van der Waals surface area (Å²) in [5.74, 6) is 1.00. The molecule has 0 radical (unpaired) electrons. The Hall–Kier alpha value is -3.42. The molecule has 0 spiro atoms. The molecule has 32 heavy (non-hydrogen) atoms. The van der Waals surface area contributed by atoms with E-state index >= 15 is 0 Å². The third-order valence-electron chi connectivity index (χ3n) is 4.61. The van der Waals surface area contributed by atoms with Crippen molar-refractivity contribution in [2.24, 2.45) is 0 Å². The van der Waals surface area contributed by atoms with Crippen LogP contribution in [0.3, 0.4) is 0 Å². The molecule has 0 aliphatic rings. The van der Waals surface area contributed by atoms with Crippen molar-refractivity contribution in [3.05, 3.63) is 88.8 Å². The molecule has 0 fully saturated rings. The fraction of sp³-hybridized carbons (Fsp3) is 0.125. The quantitative estimate of drug-likeness (QED) is 0.361. The molecule has 3 aromatic carbocycles. The minimum Gasteiger partial charge on any atom is -0.494 e. The number of nitrogens with one attached hydrogen (secondary N) is 2. The van der Waals surface area contributed by atoms with Crippen LogP contribution in [0.1, 0.15) is 28.7 Å². The highest BCUT2D eigenvalue weighted by atomic mass is 35.5. The molecular formula is C24H20ClN3O3S. The number of fused-ring (bicyclic) bond motifs is 1. The molecule has 0 saturated heterocycles. The van der Waals surface area contributed by atoms with Gasteiger partial charge in [-0.05, 0) is 79.3 Å². The van der Waals surface area contributed by atoms with E-state index < -0.39 is 0 Å². The van der Waals surface area contributed by atoms with E-state index in [0.29, 0.717) is 52.0 Å². The van der Waals surface area contributed by atoms with E-state index in [4.69, 9.17) is 33.0 Å². The lowest BCUT2D eigenvalue weighted by Crippen LogP contribution is -2.34. The average molecular weight is 466 g/mol. The Kier molecular flexibility index (Phi) is 6.68. The topological polar surface area (TPSA) is 76.4 Å². The Bertz CT molecular complexity index is 1250. The molecular weight excluding hydrogens is 446 g/mol. The number of ether oxygens (including phenoxy) is 1. The number of benzene rings is 3. The van der Waals surface area contributed by atoms with E-state index in [9.17, 15) is 4.79 Å². The number of rotatable bonds is 6. The number of hydrogen-bond donors (Lipinski definition) is 2. The fourth-order valence-electron chi connectivity index (χ4n) is 3.11. The zero-order valence-electron chi connectivity index (χ0n) is 17.2. The fourth-order valence-corrected chi connectivity index (χ4v) is 3.45. The maximum Gasteiger partial charge on any atom is 0.257 e. The maximum atomic E-state index is 12.4. The van der Waals surface area contributed by atoms with Crippen LogP contribution in [0.2, 0.25) is 5.02 Å². The first kappa shape index (κ1) is 21.8. The van der Waals surface area contributed by atoms with Gasteiger partial charge >= 0.3 is 0 Å². The summed E-state index contributed by atoms with van der Waals surface area (Å²) in [4.78, 5) is 17.0. The van der Waals surface area contributed by atoms with Crippen LogP contribution in [0.4, 0.5) is 5.69 Å². The van der Waals surface area contributed by atoms with Gasteiger partial charge in [0.2, 0.25) is 0 Å². The van der Waals surface area contributed by atoms with Gasteiger partial charge in [0, 0.05) is 22.7 Å². The van der Waals surface area contributed by atoms with Crippen LogP contribution in [0.15, 0.2) is 71.1 Å². The van der Waals surface area contributed by atoms with Crippen molar-refractivity contribution >= 4 is 51.6 Å². The molecule has 0 unspecified atom stereocenters. The zero-order chi connectivity index (χ0) is 22.5. The van der Waals surface area contributed by atoms with Gasteiger partial charge in [-0.25, -0.2) is 4.98 Å². The molecule has 0 saturated carbocycles. The van der Waals surface area contributed by atoms with Crippen LogP contribution in [-0.2, 0) is 6.42 Å². The lowest BCUT2D eigenvalue weighted by molar-refractivity contribution is 0.0977. The summed E-state index contributed by atoms with van der Waals surface area (Å²) >= 11 is 11.2. The number of thiocarbonyl (C=S) groups is 1. The number of nitrogens with zero attached hydrogens (tertiary/aromatic N) is 1. The molecule has 2 N–H and O–H groups in total. The third kappa shape index (κ3) is 5.43. The molecule has 4 aromatic rings. The van der Waals surface area contributed by atoms with Gasteiger partial charge in [-0.2, -0.15) is 0 Å². The molecule has 1 heterocycles. The summed E-state index contributed by atoms with van der Waals surface area (Å²) in [5, 5.41) is 6.56. The Balaban J connectivity index is 1.39. The van der Waals surface area contributed by atoms with Crippen molar-refractivity contribution in [3.8, 4) is 5.75 Å². The molecule has 1 amide bonds. The van der Waals surface area contributed by atoms with Crippen LogP contribution in [-0.4, -0.2) is 22.6 Å². The van der Waals surface area contributed by atoms with E-state index in [-0.39, 0.29) is 11.0 Å². The second-order valence-electron chi connectivity index (χ2n) is 6.96. The molecule has 0 bridgehead atoms. The van der Waals surface area contributed by atoms with Gasteiger partial charge in [-0.1, -0.05) is 23.7 Å². The summed E-state index contributed by atoms with van der Waals surface area (Å²) < 4.78 is 11.2. The van der Waals surface area contributed by atoms with E-state index in [2.05, 4.69) is 15.6 Å². The van der Waals surface area contributed by atoms with E-state index in [1.54, 1.807) is 24.3 Å². The number of carbonyl (C=O) groups excluding carboxylic acids is 1. The summed E-state index contributed by atoms with van der Waals surface area (Å²) in [6, 6.07) is 19.9. The number of hydrogen-bond acceptors (Lipinski definition) is 5. The maximum absolute atomic E-state index is 12.4. The first-order valence-corrected chi connectivity index (χ1v) is 10.8. The van der Waals surface area contributed by atoms with E-state index in [1.165, 1.54) is 0 Å². The van der Waals surface area contributed by atoms with Crippen LogP contribution in [0.5, 0.6) is 5.75 Å². The van der Waals surface area contributed by atoms with Gasteiger partial charge in [0.1, 0.15) is 11.3 Å². The van der Waals surface area contributed by atoms with Gasteiger partial charge in [-0.3, -0.25) is 10.1 Å². The van der Waals surface area contributed by atoms with Crippen LogP contribution in [0.25, 0.3) is 11.1 Å². The van der Waals surface area contributed by atoms with Crippen molar-refractivity contribution in [3.63, 3.8) is 0 Å². The lowest BCUT2D eigenvalue weighted by atomic mass is 10.1. The number of aromatic nitrogens is 1. The molecule has 4 rings (SSSR count). The normalized spacial score (nSPS) is 10.7. The van der Waals surface area contributed by atoms with Gasteiger partial charge in [0.05, 0.1) is 6.61 Å². The second-order valence-corrected chi connectivity index (χ2v) is 7.80. The minimum absolute atomic E-state index is 0.188. The summed E-state index contributed by atoms with van der Waals surface area (Å²) in [7, 11) is 0. The predicted octanol–water partition coefficient (Wildman–Crippen LogP) is 5.60. The van der Waals surface area contributed by atoms with Gasteiger partial charge in [0.25, 0.3) is 5.91 Å². The zero-order valence-corrected chi connectivity index (χ0v) is 18.8. The predicted molar refractivity (Wildman–Crippen MR) is 130 cm³/mol. The summed E-state index contributed by atoms with van der Waals surface area (Å²) in [5.41, 5.74) is 3.60. The van der Waals surface area contributed by atoms with Crippen LogP contribution in [0, 0.1) is 0 Å². The van der Waals surface area contributed by atoms with E-state index in [0.717, 1.165) is 5.56 Å². The Labute approximate surface area is 195 Å². The van der Waals surface area contributed by atoms with Crippen molar-refractivity contribution in [2.45, 2.75) is 13.3 Å². The largest absolute Gasteiger partial charge is 0.494 e. The van der Waals surface area contributed by atoms with Crippen molar-refractivity contribution < 1.29 is 13.9 Å². The molecule has 6 nitrogen and oxygen atoms in total. The molecule has 0 aliphatic carbocycles. The highest BCUT2D eigenvalue weighted by molar-refractivity contribution is 7.80. The summed E-state index contributed by atoms with van der Waals surface area (Å²) in [6.45, 7) is 2.47. The number of amides is 1. The molecule has 1 aromatic heterocycles. The number of oxazole rings is 1. The van der Waals surface area contributed by atoms with E-state index in [1.807, 2.05) is 49.4 Å². The molecule has 8 heteroatoms. The van der Waals surface area contributed by atoms with Crippen molar-refractivity contribution in [1.29, 1.82) is 0 Å². The van der Waals surface area contributed by atoms with Crippen LogP contribution >= 0.6 is 23.8 Å². The van der Waals surface area contributed by atoms with Crippen LogP contribution < -0.4 is 15.4 Å². The molecule has 0 aliphatic heterocycles. The second kappa shape index (κ2) is 9.80. The lowest BCUT2D eigenvalue weighted by Gasteiger charge is -2.10. The van der Waals surface area contributed by atoms with Gasteiger partial charge < -0.3 is 14.5 Å². The molecule has 0 atom stereocenters. The Morgan fingerprint density at radius 2 is 1.84 bits per heavy atom. The third-order valence-corrected chi connectivity index (χ3v) is 5.07. The summed E-state index contributed by atoms with van der Waals surface area (Å²) in [6.07, 6.45) is 0.561. The Morgan fingerprint density at radius 1 is 1.09 bits per heavy atom. The van der Waals surface area contributed by atoms with Gasteiger partial charge in [0.15, 0.2) is 16.6 Å². The number of anilines is 1. The highest BCUT2D eigenvalue weighted by Crippen LogP contribution is 2.22. The smallest absolute Gasteiger partial charge is 0.257 e. The van der Waals surface area contributed by atoms with Crippen molar-refractivity contribution in [2.75, 3.05) is 11.9 Å². The standard InChI is InChI=1S/C24H20ClN3O3S/c1-2-30-19-10-5-16(6-11-19)23(29)28-24(32)26-18-9-12-21-20(14-18)27-22(31-21)13-15-3-7-17(25)8-4-15/h3-12,14H,2,13H2,1H3,(H2,26,28,29,32). The van der Waals surface area contributed by atoms with Gasteiger partial charge in [-0.15, -0.1) is 0 Å². The SMILES string of the molecule is CCOc1ccc(C(=O)NC(=S)Nc2ccc3oc(Cc4ccc(Cl)cc4)nc3c2)cc1.